The Bertz CT molecular complexity index is 462. The lowest BCUT2D eigenvalue weighted by Gasteiger charge is -2.27. The highest BCUT2D eigenvalue weighted by Gasteiger charge is 2.12. The van der Waals surface area contributed by atoms with Gasteiger partial charge in [0, 0.05) is 42.3 Å². The van der Waals surface area contributed by atoms with Crippen LogP contribution in [0, 0.1) is 0 Å². The number of hydrogen-bond acceptors (Lipinski definition) is 5. The second-order valence-corrected chi connectivity index (χ2v) is 5.92. The zero-order valence-corrected chi connectivity index (χ0v) is 13.4. The Hall–Kier alpha value is -0.820. The molecule has 1 heterocycles. The van der Waals surface area contributed by atoms with Gasteiger partial charge in [-0.15, -0.1) is 11.8 Å². The summed E-state index contributed by atoms with van der Waals surface area (Å²) >= 11 is 6.84. The molecule has 1 aliphatic rings. The lowest BCUT2D eigenvalue weighted by Crippen LogP contribution is -2.39. The molecular formula is C14H21N3OS2. The second kappa shape index (κ2) is 7.83. The SMILES string of the molecule is CSc1cccc(NCCN2CCOCC2)c1C(N)=S. The number of hydrogen-bond donors (Lipinski definition) is 2. The highest BCUT2D eigenvalue weighted by atomic mass is 32.2. The molecule has 1 saturated heterocycles. The van der Waals surface area contributed by atoms with Crippen LogP contribution >= 0.6 is 24.0 Å². The van der Waals surface area contributed by atoms with Gasteiger partial charge >= 0.3 is 0 Å². The third-order valence-corrected chi connectivity index (χ3v) is 4.32. The van der Waals surface area contributed by atoms with E-state index in [0.29, 0.717) is 4.99 Å². The first-order valence-corrected chi connectivity index (χ1v) is 8.36. The van der Waals surface area contributed by atoms with Gasteiger partial charge in [-0.05, 0) is 18.4 Å². The number of morpholine rings is 1. The van der Waals surface area contributed by atoms with Crippen LogP contribution in [0.4, 0.5) is 5.69 Å². The van der Waals surface area contributed by atoms with Crippen molar-refractivity contribution in [3.05, 3.63) is 23.8 Å². The van der Waals surface area contributed by atoms with Crippen LogP contribution in [-0.4, -0.2) is 55.5 Å². The molecule has 0 aromatic heterocycles. The van der Waals surface area contributed by atoms with Gasteiger partial charge in [0.1, 0.15) is 4.99 Å². The smallest absolute Gasteiger partial charge is 0.107 e. The molecule has 0 radical (unpaired) electrons. The van der Waals surface area contributed by atoms with Crippen molar-refractivity contribution in [2.24, 2.45) is 5.73 Å². The van der Waals surface area contributed by atoms with Crippen LogP contribution in [0.5, 0.6) is 0 Å². The predicted octanol–water partition coefficient (Wildman–Crippen LogP) is 1.79. The molecule has 1 aromatic carbocycles. The molecule has 0 atom stereocenters. The first-order chi connectivity index (χ1) is 9.72. The van der Waals surface area contributed by atoms with E-state index in [-0.39, 0.29) is 0 Å². The Labute approximate surface area is 130 Å². The fraction of sp³-hybridized carbons (Fsp3) is 0.500. The third kappa shape index (κ3) is 4.09. The molecule has 0 spiro atoms. The lowest BCUT2D eigenvalue weighted by molar-refractivity contribution is 0.0398. The number of anilines is 1. The van der Waals surface area contributed by atoms with Crippen molar-refractivity contribution in [3.63, 3.8) is 0 Å². The van der Waals surface area contributed by atoms with Crippen LogP contribution in [0.2, 0.25) is 0 Å². The zero-order valence-electron chi connectivity index (χ0n) is 11.7. The summed E-state index contributed by atoms with van der Waals surface area (Å²) in [6.07, 6.45) is 2.04. The molecule has 3 N–H and O–H groups in total. The summed E-state index contributed by atoms with van der Waals surface area (Å²) in [5, 5.41) is 3.45. The van der Waals surface area contributed by atoms with Gasteiger partial charge in [0.15, 0.2) is 0 Å². The molecular weight excluding hydrogens is 290 g/mol. The summed E-state index contributed by atoms with van der Waals surface area (Å²) in [5.74, 6) is 0. The van der Waals surface area contributed by atoms with E-state index in [9.17, 15) is 0 Å². The van der Waals surface area contributed by atoms with Crippen LogP contribution in [-0.2, 0) is 4.74 Å². The van der Waals surface area contributed by atoms with Crippen LogP contribution < -0.4 is 11.1 Å². The molecule has 6 heteroatoms. The monoisotopic (exact) mass is 311 g/mol. The van der Waals surface area contributed by atoms with E-state index in [0.717, 1.165) is 55.5 Å². The van der Waals surface area contributed by atoms with Crippen LogP contribution in [0.3, 0.4) is 0 Å². The fourth-order valence-electron chi connectivity index (χ4n) is 2.28. The maximum atomic E-state index is 5.86. The molecule has 110 valence electrons. The number of thioether (sulfide) groups is 1. The number of rotatable bonds is 6. The van der Waals surface area contributed by atoms with E-state index in [1.165, 1.54) is 0 Å². The Morgan fingerprint density at radius 1 is 1.45 bits per heavy atom. The van der Waals surface area contributed by atoms with Gasteiger partial charge in [-0.2, -0.15) is 0 Å². The first-order valence-electron chi connectivity index (χ1n) is 6.73. The van der Waals surface area contributed by atoms with E-state index < -0.39 is 0 Å². The zero-order chi connectivity index (χ0) is 14.4. The number of nitrogens with one attached hydrogen (secondary N) is 1. The minimum Gasteiger partial charge on any atom is -0.389 e. The topological polar surface area (TPSA) is 50.5 Å². The quantitative estimate of drug-likeness (QED) is 0.617. The molecule has 4 nitrogen and oxygen atoms in total. The molecule has 1 aliphatic heterocycles. The minimum absolute atomic E-state index is 0.448. The second-order valence-electron chi connectivity index (χ2n) is 4.63. The number of benzene rings is 1. The largest absolute Gasteiger partial charge is 0.389 e. The molecule has 0 amide bonds. The van der Waals surface area contributed by atoms with Crippen LogP contribution in [0.1, 0.15) is 5.56 Å². The minimum atomic E-state index is 0.448. The molecule has 0 unspecified atom stereocenters. The van der Waals surface area contributed by atoms with Gasteiger partial charge in [0.25, 0.3) is 0 Å². The van der Waals surface area contributed by atoms with Crippen molar-refractivity contribution in [1.29, 1.82) is 0 Å². The Morgan fingerprint density at radius 2 is 2.20 bits per heavy atom. The molecule has 1 fully saturated rings. The summed E-state index contributed by atoms with van der Waals surface area (Å²) in [5.41, 5.74) is 7.84. The van der Waals surface area contributed by atoms with E-state index >= 15 is 0 Å². The molecule has 0 saturated carbocycles. The summed E-state index contributed by atoms with van der Waals surface area (Å²) in [4.78, 5) is 3.97. The highest BCUT2D eigenvalue weighted by molar-refractivity contribution is 7.98. The van der Waals surface area contributed by atoms with Crippen molar-refractivity contribution >= 4 is 34.7 Å². The number of ether oxygens (including phenoxy) is 1. The van der Waals surface area contributed by atoms with Crippen molar-refractivity contribution in [1.82, 2.24) is 4.90 Å². The van der Waals surface area contributed by atoms with Gasteiger partial charge in [0.2, 0.25) is 0 Å². The van der Waals surface area contributed by atoms with Crippen molar-refractivity contribution in [3.8, 4) is 0 Å². The Kier molecular flexibility index (Phi) is 6.09. The first kappa shape index (κ1) is 15.6. The maximum absolute atomic E-state index is 5.86. The molecule has 20 heavy (non-hydrogen) atoms. The standard InChI is InChI=1S/C14H21N3OS2/c1-20-12-4-2-3-11(13(12)14(15)19)16-5-6-17-7-9-18-10-8-17/h2-4,16H,5-10H2,1H3,(H2,15,19). The summed E-state index contributed by atoms with van der Waals surface area (Å²) in [6, 6.07) is 6.12. The van der Waals surface area contributed by atoms with Crippen molar-refractivity contribution < 1.29 is 4.74 Å². The van der Waals surface area contributed by atoms with E-state index in [2.05, 4.69) is 10.2 Å². The van der Waals surface area contributed by atoms with Crippen molar-refractivity contribution in [2.45, 2.75) is 4.90 Å². The van der Waals surface area contributed by atoms with Gasteiger partial charge in [-0.3, -0.25) is 4.90 Å². The van der Waals surface area contributed by atoms with Gasteiger partial charge in [-0.25, -0.2) is 0 Å². The Balaban J connectivity index is 1.96. The average Bonchev–Trinajstić information content (AvgIpc) is 2.47. The summed E-state index contributed by atoms with van der Waals surface area (Å²) in [6.45, 7) is 5.57. The average molecular weight is 311 g/mol. The number of nitrogens with zero attached hydrogens (tertiary/aromatic N) is 1. The van der Waals surface area contributed by atoms with Crippen LogP contribution in [0.15, 0.2) is 23.1 Å². The predicted molar refractivity (Wildman–Crippen MR) is 89.9 cm³/mol. The molecule has 0 bridgehead atoms. The van der Waals surface area contributed by atoms with E-state index in [1.54, 1.807) is 11.8 Å². The van der Waals surface area contributed by atoms with E-state index in [4.69, 9.17) is 22.7 Å². The third-order valence-electron chi connectivity index (χ3n) is 3.34. The number of nitrogens with two attached hydrogens (primary N) is 1. The summed E-state index contributed by atoms with van der Waals surface area (Å²) in [7, 11) is 0. The number of thiocarbonyl (C=S) groups is 1. The van der Waals surface area contributed by atoms with Gasteiger partial charge < -0.3 is 15.8 Å². The maximum Gasteiger partial charge on any atom is 0.107 e. The van der Waals surface area contributed by atoms with E-state index in [1.807, 2.05) is 24.5 Å². The highest BCUT2D eigenvalue weighted by Crippen LogP contribution is 2.26. The molecule has 2 rings (SSSR count). The van der Waals surface area contributed by atoms with Crippen LogP contribution in [0.25, 0.3) is 0 Å². The van der Waals surface area contributed by atoms with Gasteiger partial charge in [0.05, 0.1) is 13.2 Å². The molecule has 0 aliphatic carbocycles. The fourth-order valence-corrected chi connectivity index (χ4v) is 3.20. The Morgan fingerprint density at radius 3 is 2.85 bits per heavy atom. The molecule has 1 aromatic rings. The van der Waals surface area contributed by atoms with Crippen molar-refractivity contribution in [2.75, 3.05) is 51.0 Å². The lowest BCUT2D eigenvalue weighted by atomic mass is 10.1. The summed E-state index contributed by atoms with van der Waals surface area (Å²) < 4.78 is 5.35. The van der Waals surface area contributed by atoms with Gasteiger partial charge in [-0.1, -0.05) is 18.3 Å². The normalized spacial score (nSPS) is 16.1.